The molecule has 0 spiro atoms. The van der Waals surface area contributed by atoms with Crippen molar-refractivity contribution < 1.29 is 4.74 Å². The van der Waals surface area contributed by atoms with Crippen LogP contribution in [0.25, 0.3) is 0 Å². The number of nitrogens with one attached hydrogen (secondary N) is 1. The Morgan fingerprint density at radius 2 is 1.94 bits per heavy atom. The van der Waals surface area contributed by atoms with Gasteiger partial charge < -0.3 is 10.1 Å². The van der Waals surface area contributed by atoms with E-state index in [9.17, 15) is 0 Å². The van der Waals surface area contributed by atoms with E-state index in [4.69, 9.17) is 4.74 Å². The van der Waals surface area contributed by atoms with Gasteiger partial charge in [0.15, 0.2) is 0 Å². The summed E-state index contributed by atoms with van der Waals surface area (Å²) >= 11 is 0. The second kappa shape index (κ2) is 8.08. The Hall–Kier alpha value is -0.0800. The highest BCUT2D eigenvalue weighted by molar-refractivity contribution is 4.76. The first-order valence-corrected chi connectivity index (χ1v) is 7.09. The highest BCUT2D eigenvalue weighted by atomic mass is 16.5. The van der Waals surface area contributed by atoms with E-state index in [1.807, 2.05) is 0 Å². The van der Waals surface area contributed by atoms with E-state index in [1.165, 1.54) is 32.1 Å². The molecule has 1 aliphatic heterocycles. The second-order valence-corrected chi connectivity index (χ2v) is 5.24. The minimum Gasteiger partial charge on any atom is -0.381 e. The van der Waals surface area contributed by atoms with Crippen molar-refractivity contribution in [2.45, 2.75) is 58.9 Å². The maximum atomic E-state index is 5.42. The van der Waals surface area contributed by atoms with Crippen molar-refractivity contribution in [3.8, 4) is 0 Å². The lowest BCUT2D eigenvalue weighted by Crippen LogP contribution is -2.36. The molecule has 0 amide bonds. The molecular weight excluding hydrogens is 198 g/mol. The first-order valence-electron chi connectivity index (χ1n) is 7.09. The van der Waals surface area contributed by atoms with Gasteiger partial charge in [-0.3, -0.25) is 0 Å². The monoisotopic (exact) mass is 227 g/mol. The standard InChI is InChI=1S/C14H29NO/c1-4-8-15-14(5-2)12(3)11-13-6-9-16-10-7-13/h12-15H,4-11H2,1-3H3. The minimum atomic E-state index is 0.711. The van der Waals surface area contributed by atoms with Crippen LogP contribution in [0.1, 0.15) is 52.9 Å². The third kappa shape index (κ3) is 4.84. The quantitative estimate of drug-likeness (QED) is 0.721. The molecule has 16 heavy (non-hydrogen) atoms. The molecule has 2 atom stereocenters. The van der Waals surface area contributed by atoms with Crippen molar-refractivity contribution in [2.24, 2.45) is 11.8 Å². The molecule has 0 aromatic carbocycles. The maximum Gasteiger partial charge on any atom is 0.0468 e. The molecule has 1 saturated heterocycles. The van der Waals surface area contributed by atoms with E-state index in [2.05, 4.69) is 26.1 Å². The van der Waals surface area contributed by atoms with Crippen LogP contribution in [0.2, 0.25) is 0 Å². The summed E-state index contributed by atoms with van der Waals surface area (Å²) in [4.78, 5) is 0. The zero-order chi connectivity index (χ0) is 11.8. The molecule has 1 aliphatic rings. The van der Waals surface area contributed by atoms with Crippen LogP contribution in [0.5, 0.6) is 0 Å². The third-order valence-corrected chi connectivity index (χ3v) is 3.83. The van der Waals surface area contributed by atoms with Crippen LogP contribution in [0.15, 0.2) is 0 Å². The van der Waals surface area contributed by atoms with E-state index in [-0.39, 0.29) is 0 Å². The van der Waals surface area contributed by atoms with Crippen LogP contribution in [-0.4, -0.2) is 25.8 Å². The SMILES string of the molecule is CCCNC(CC)C(C)CC1CCOCC1. The summed E-state index contributed by atoms with van der Waals surface area (Å²) in [5, 5.41) is 3.68. The van der Waals surface area contributed by atoms with Crippen LogP contribution in [-0.2, 0) is 4.74 Å². The Balaban J connectivity index is 2.26. The lowest BCUT2D eigenvalue weighted by molar-refractivity contribution is 0.0571. The summed E-state index contributed by atoms with van der Waals surface area (Å²) in [6.45, 7) is 10.1. The molecule has 2 unspecified atom stereocenters. The Morgan fingerprint density at radius 1 is 1.25 bits per heavy atom. The molecule has 2 heteroatoms. The summed E-state index contributed by atoms with van der Waals surface area (Å²) in [5.41, 5.74) is 0. The van der Waals surface area contributed by atoms with Gasteiger partial charge in [0.25, 0.3) is 0 Å². The van der Waals surface area contributed by atoms with E-state index >= 15 is 0 Å². The van der Waals surface area contributed by atoms with E-state index < -0.39 is 0 Å². The van der Waals surface area contributed by atoms with Gasteiger partial charge in [-0.1, -0.05) is 20.8 Å². The second-order valence-electron chi connectivity index (χ2n) is 5.24. The van der Waals surface area contributed by atoms with Crippen molar-refractivity contribution in [1.82, 2.24) is 5.32 Å². The average Bonchev–Trinajstić information content (AvgIpc) is 2.31. The van der Waals surface area contributed by atoms with Gasteiger partial charge in [0.2, 0.25) is 0 Å². The summed E-state index contributed by atoms with van der Waals surface area (Å²) in [6, 6.07) is 0.711. The van der Waals surface area contributed by atoms with Gasteiger partial charge in [-0.05, 0) is 50.5 Å². The molecular formula is C14H29NO. The molecule has 1 rings (SSSR count). The molecule has 0 aromatic heterocycles. The van der Waals surface area contributed by atoms with Crippen LogP contribution < -0.4 is 5.32 Å². The first-order chi connectivity index (χ1) is 7.77. The molecule has 1 heterocycles. The fourth-order valence-electron chi connectivity index (χ4n) is 2.75. The topological polar surface area (TPSA) is 21.3 Å². The van der Waals surface area contributed by atoms with E-state index in [0.717, 1.165) is 31.6 Å². The predicted octanol–water partition coefficient (Wildman–Crippen LogP) is 3.22. The van der Waals surface area contributed by atoms with Gasteiger partial charge in [0.1, 0.15) is 0 Å². The normalized spacial score (nSPS) is 21.9. The average molecular weight is 227 g/mol. The fourth-order valence-corrected chi connectivity index (χ4v) is 2.75. The van der Waals surface area contributed by atoms with Crippen molar-refractivity contribution >= 4 is 0 Å². The van der Waals surface area contributed by atoms with E-state index in [0.29, 0.717) is 6.04 Å². The smallest absolute Gasteiger partial charge is 0.0468 e. The number of hydrogen-bond donors (Lipinski definition) is 1. The lowest BCUT2D eigenvalue weighted by atomic mass is 9.85. The number of rotatable bonds is 7. The zero-order valence-electron chi connectivity index (χ0n) is 11.3. The van der Waals surface area contributed by atoms with Crippen LogP contribution in [0, 0.1) is 11.8 Å². The summed E-state index contributed by atoms with van der Waals surface area (Å²) in [7, 11) is 0. The molecule has 0 saturated carbocycles. The highest BCUT2D eigenvalue weighted by Gasteiger charge is 2.21. The Bertz CT molecular complexity index is 166. The largest absolute Gasteiger partial charge is 0.381 e. The molecule has 0 radical (unpaired) electrons. The first kappa shape index (κ1) is 14.0. The maximum absolute atomic E-state index is 5.42. The molecule has 1 fully saturated rings. The summed E-state index contributed by atoms with van der Waals surface area (Å²) in [5.74, 6) is 1.71. The van der Waals surface area contributed by atoms with Gasteiger partial charge in [0.05, 0.1) is 0 Å². The Morgan fingerprint density at radius 3 is 2.50 bits per heavy atom. The van der Waals surface area contributed by atoms with Crippen LogP contribution in [0.3, 0.4) is 0 Å². The van der Waals surface area contributed by atoms with Crippen molar-refractivity contribution in [1.29, 1.82) is 0 Å². The fraction of sp³-hybridized carbons (Fsp3) is 1.00. The number of ether oxygens (including phenoxy) is 1. The van der Waals surface area contributed by atoms with Crippen LogP contribution >= 0.6 is 0 Å². The Labute approximate surface area is 101 Å². The minimum absolute atomic E-state index is 0.711. The lowest BCUT2D eigenvalue weighted by Gasteiger charge is -2.29. The Kier molecular flexibility index (Phi) is 7.06. The molecule has 2 nitrogen and oxygen atoms in total. The van der Waals surface area contributed by atoms with Crippen molar-refractivity contribution in [2.75, 3.05) is 19.8 Å². The van der Waals surface area contributed by atoms with Crippen LogP contribution in [0.4, 0.5) is 0 Å². The summed E-state index contributed by atoms with van der Waals surface area (Å²) in [6.07, 6.45) is 6.41. The third-order valence-electron chi connectivity index (χ3n) is 3.83. The zero-order valence-corrected chi connectivity index (χ0v) is 11.3. The molecule has 1 N–H and O–H groups in total. The molecule has 0 bridgehead atoms. The van der Waals surface area contributed by atoms with Crippen molar-refractivity contribution in [3.05, 3.63) is 0 Å². The highest BCUT2D eigenvalue weighted by Crippen LogP contribution is 2.25. The predicted molar refractivity (Wildman–Crippen MR) is 69.7 cm³/mol. The van der Waals surface area contributed by atoms with Gasteiger partial charge in [-0.15, -0.1) is 0 Å². The van der Waals surface area contributed by atoms with Crippen molar-refractivity contribution in [3.63, 3.8) is 0 Å². The summed E-state index contributed by atoms with van der Waals surface area (Å²) < 4.78 is 5.42. The van der Waals surface area contributed by atoms with Gasteiger partial charge >= 0.3 is 0 Å². The molecule has 96 valence electrons. The molecule has 0 aromatic rings. The van der Waals surface area contributed by atoms with Gasteiger partial charge in [-0.2, -0.15) is 0 Å². The van der Waals surface area contributed by atoms with Gasteiger partial charge in [0, 0.05) is 19.3 Å². The van der Waals surface area contributed by atoms with E-state index in [1.54, 1.807) is 0 Å². The van der Waals surface area contributed by atoms with Gasteiger partial charge in [-0.25, -0.2) is 0 Å². The number of hydrogen-bond acceptors (Lipinski definition) is 2. The molecule has 0 aliphatic carbocycles.